The number of para-hydroxylation sites is 1. The van der Waals surface area contributed by atoms with Crippen LogP contribution in [0, 0.1) is 13.8 Å². The molecule has 1 aliphatic heterocycles. The second-order valence-corrected chi connectivity index (χ2v) is 7.70. The predicted octanol–water partition coefficient (Wildman–Crippen LogP) is 4.57. The summed E-state index contributed by atoms with van der Waals surface area (Å²) >= 11 is 0. The van der Waals surface area contributed by atoms with Gasteiger partial charge in [0.15, 0.2) is 11.5 Å². The van der Waals surface area contributed by atoms with Gasteiger partial charge in [0.2, 0.25) is 0 Å². The summed E-state index contributed by atoms with van der Waals surface area (Å²) in [6, 6.07) is 21.5. The van der Waals surface area contributed by atoms with Gasteiger partial charge in [-0.3, -0.25) is 4.79 Å². The lowest BCUT2D eigenvalue weighted by Gasteiger charge is -2.30. The highest BCUT2D eigenvalue weighted by Gasteiger charge is 2.28. The van der Waals surface area contributed by atoms with Crippen LogP contribution >= 0.6 is 0 Å². The van der Waals surface area contributed by atoms with Crippen LogP contribution in [0.1, 0.15) is 22.9 Å². The third-order valence-electron chi connectivity index (χ3n) is 5.75. The number of benzene rings is 3. The number of anilines is 1. The molecule has 0 spiro atoms. The fourth-order valence-electron chi connectivity index (χ4n) is 3.85. The van der Waals surface area contributed by atoms with Gasteiger partial charge in [-0.2, -0.15) is 10.1 Å². The number of fused-ring (bicyclic) bond motifs is 3. The van der Waals surface area contributed by atoms with Gasteiger partial charge in [0, 0.05) is 16.8 Å². The number of rotatable bonds is 3. The minimum Gasteiger partial charge on any atom is -0.497 e. The van der Waals surface area contributed by atoms with Crippen molar-refractivity contribution in [2.24, 2.45) is 0 Å². The Hall–Kier alpha value is -3.93. The Balaban J connectivity index is 1.72. The van der Waals surface area contributed by atoms with Crippen molar-refractivity contribution in [3.05, 3.63) is 93.8 Å². The zero-order valence-corrected chi connectivity index (χ0v) is 17.6. The number of hydrogen-bond donors (Lipinski definition) is 1. The number of ether oxygens (including phenoxy) is 1. The number of hydrogen-bond acceptors (Lipinski definition) is 5. The van der Waals surface area contributed by atoms with Gasteiger partial charge in [-0.15, -0.1) is 0 Å². The van der Waals surface area contributed by atoms with Crippen LogP contribution in [-0.4, -0.2) is 21.9 Å². The molecule has 0 aliphatic carbocycles. The maximum atomic E-state index is 13.0. The van der Waals surface area contributed by atoms with Crippen molar-refractivity contribution < 1.29 is 4.74 Å². The molecule has 5 rings (SSSR count). The van der Waals surface area contributed by atoms with Gasteiger partial charge in [-0.25, -0.2) is 4.68 Å². The number of aromatic nitrogens is 3. The smallest absolute Gasteiger partial charge is 0.300 e. The Morgan fingerprint density at radius 1 is 0.968 bits per heavy atom. The van der Waals surface area contributed by atoms with Crippen molar-refractivity contribution in [3.8, 4) is 28.4 Å². The summed E-state index contributed by atoms with van der Waals surface area (Å²) in [5.74, 6) is 1.33. The molecule has 2 heterocycles. The lowest BCUT2D eigenvalue weighted by atomic mass is 10.0. The molecule has 6 heteroatoms. The van der Waals surface area contributed by atoms with E-state index in [0.29, 0.717) is 11.5 Å². The molecule has 0 amide bonds. The van der Waals surface area contributed by atoms with Crippen molar-refractivity contribution in [1.29, 1.82) is 0 Å². The summed E-state index contributed by atoms with van der Waals surface area (Å²) in [7, 11) is 1.64. The molecule has 0 bridgehead atoms. The van der Waals surface area contributed by atoms with E-state index in [1.54, 1.807) is 11.8 Å². The minimum absolute atomic E-state index is 0.311. The number of aryl methyl sites for hydroxylation is 2. The van der Waals surface area contributed by atoms with Crippen molar-refractivity contribution >= 4 is 5.69 Å². The Labute approximate surface area is 180 Å². The molecule has 0 unspecified atom stereocenters. The van der Waals surface area contributed by atoms with Gasteiger partial charge in [-0.1, -0.05) is 36.4 Å². The molecule has 6 nitrogen and oxygen atoms in total. The molecular weight excluding hydrogens is 388 g/mol. The fourth-order valence-corrected chi connectivity index (χ4v) is 3.85. The first-order chi connectivity index (χ1) is 15.0. The number of nitrogens with zero attached hydrogens (tertiary/aromatic N) is 3. The second-order valence-electron chi connectivity index (χ2n) is 7.70. The molecule has 1 aromatic heterocycles. The van der Waals surface area contributed by atoms with E-state index in [2.05, 4.69) is 10.3 Å². The molecule has 0 saturated heterocycles. The Morgan fingerprint density at radius 2 is 1.74 bits per heavy atom. The molecule has 0 saturated carbocycles. The molecule has 0 fully saturated rings. The van der Waals surface area contributed by atoms with E-state index in [4.69, 9.17) is 9.84 Å². The summed E-state index contributed by atoms with van der Waals surface area (Å²) in [6.07, 6.45) is -0.311. The molecule has 1 aliphatic rings. The number of methoxy groups -OCH3 is 1. The molecule has 31 heavy (non-hydrogen) atoms. The average Bonchev–Trinajstić information content (AvgIpc) is 2.80. The summed E-state index contributed by atoms with van der Waals surface area (Å²) < 4.78 is 7.10. The molecule has 1 N–H and O–H groups in total. The zero-order valence-electron chi connectivity index (χ0n) is 17.6. The maximum Gasteiger partial charge on any atom is 0.300 e. The summed E-state index contributed by atoms with van der Waals surface area (Å²) in [4.78, 5) is 17.5. The van der Waals surface area contributed by atoms with Crippen molar-refractivity contribution in [3.63, 3.8) is 0 Å². The Kier molecular flexibility index (Phi) is 4.55. The highest BCUT2D eigenvalue weighted by molar-refractivity contribution is 5.76. The molecular formula is C25H22N4O2. The maximum absolute atomic E-state index is 13.0. The van der Waals surface area contributed by atoms with Gasteiger partial charge in [0.25, 0.3) is 5.56 Å². The van der Waals surface area contributed by atoms with Crippen LogP contribution in [0.3, 0.4) is 0 Å². The first kappa shape index (κ1) is 19.1. The van der Waals surface area contributed by atoms with Crippen molar-refractivity contribution in [1.82, 2.24) is 14.8 Å². The Morgan fingerprint density at radius 3 is 2.48 bits per heavy atom. The highest BCUT2D eigenvalue weighted by atomic mass is 16.5. The molecule has 154 valence electrons. The lowest BCUT2D eigenvalue weighted by molar-refractivity contribution is 0.414. The first-order valence-electron chi connectivity index (χ1n) is 10.1. The van der Waals surface area contributed by atoms with E-state index in [-0.39, 0.29) is 11.7 Å². The quantitative estimate of drug-likeness (QED) is 0.536. The third-order valence-corrected chi connectivity index (χ3v) is 5.75. The third kappa shape index (κ3) is 3.26. The second kappa shape index (κ2) is 7.40. The summed E-state index contributed by atoms with van der Waals surface area (Å²) in [5.41, 5.74) is 5.80. The number of nitrogens with one attached hydrogen (secondary N) is 1. The van der Waals surface area contributed by atoms with Crippen LogP contribution in [0.5, 0.6) is 5.75 Å². The van der Waals surface area contributed by atoms with Crippen LogP contribution in [0.25, 0.3) is 22.6 Å². The van der Waals surface area contributed by atoms with Gasteiger partial charge in [-0.05, 0) is 60.9 Å². The van der Waals surface area contributed by atoms with Gasteiger partial charge in [0.05, 0.1) is 7.11 Å². The van der Waals surface area contributed by atoms with E-state index in [1.165, 1.54) is 5.56 Å². The minimum atomic E-state index is -0.334. The first-order valence-corrected chi connectivity index (χ1v) is 10.1. The topological polar surface area (TPSA) is 69.0 Å². The van der Waals surface area contributed by atoms with Gasteiger partial charge < -0.3 is 10.1 Å². The summed E-state index contributed by atoms with van der Waals surface area (Å²) in [5, 5.41) is 8.34. The van der Waals surface area contributed by atoms with Crippen LogP contribution < -0.4 is 15.6 Å². The summed E-state index contributed by atoms with van der Waals surface area (Å²) in [6.45, 7) is 4.07. The van der Waals surface area contributed by atoms with Crippen LogP contribution in [-0.2, 0) is 0 Å². The van der Waals surface area contributed by atoms with Crippen molar-refractivity contribution in [2.75, 3.05) is 12.4 Å². The SMILES string of the molecule is COc1ccc([C@@H]2Nc3ccccc3-c3nc(=O)c(-c4ccc(C)c(C)c4)nn32)cc1. The van der Waals surface area contributed by atoms with Crippen LogP contribution in [0.4, 0.5) is 5.69 Å². The lowest BCUT2D eigenvalue weighted by Crippen LogP contribution is -2.32. The predicted molar refractivity (Wildman–Crippen MR) is 121 cm³/mol. The largest absolute Gasteiger partial charge is 0.497 e. The Bertz CT molecular complexity index is 1340. The van der Waals surface area contributed by atoms with Crippen LogP contribution in [0.2, 0.25) is 0 Å². The van der Waals surface area contributed by atoms with E-state index in [1.807, 2.05) is 80.6 Å². The van der Waals surface area contributed by atoms with Gasteiger partial charge >= 0.3 is 0 Å². The molecule has 1 atom stereocenters. The van der Waals surface area contributed by atoms with Gasteiger partial charge in [0.1, 0.15) is 11.9 Å². The van der Waals surface area contributed by atoms with Crippen molar-refractivity contribution in [2.45, 2.75) is 20.0 Å². The fraction of sp³-hybridized carbons (Fsp3) is 0.160. The standard InChI is InChI=1S/C25H22N4O2/c1-15-8-9-18(14-16(15)2)22-25(30)27-24-20-6-4-5-7-21(20)26-23(29(24)28-22)17-10-12-19(31-3)13-11-17/h4-14,23,26H,1-3H3/t23-/m1/s1. The monoisotopic (exact) mass is 410 g/mol. The molecule has 4 aromatic rings. The van der Waals surface area contributed by atoms with E-state index in [9.17, 15) is 4.79 Å². The normalized spacial score (nSPS) is 14.4. The zero-order chi connectivity index (χ0) is 21.5. The molecule has 3 aromatic carbocycles. The van der Waals surface area contributed by atoms with E-state index >= 15 is 0 Å². The highest BCUT2D eigenvalue weighted by Crippen LogP contribution is 2.36. The average molecular weight is 410 g/mol. The van der Waals surface area contributed by atoms with E-state index < -0.39 is 0 Å². The molecule has 0 radical (unpaired) electrons. The van der Waals surface area contributed by atoms with E-state index in [0.717, 1.165) is 33.7 Å². The van der Waals surface area contributed by atoms with Crippen LogP contribution in [0.15, 0.2) is 71.5 Å².